The van der Waals surface area contributed by atoms with Crippen molar-refractivity contribution in [2.75, 3.05) is 31.5 Å². The topological polar surface area (TPSA) is 44.4 Å². The van der Waals surface area contributed by atoms with Crippen LogP contribution in [0.25, 0.3) is 0 Å². The fraction of sp³-hybridized carbons (Fsp3) is 0.462. The van der Waals surface area contributed by atoms with Crippen molar-refractivity contribution in [2.45, 2.75) is 13.0 Å². The average molecular weight is 268 g/mol. The van der Waals surface area contributed by atoms with E-state index in [2.05, 4.69) is 22.5 Å². The molecule has 1 atom stereocenters. The number of nitrogens with zero attached hydrogens (tertiary/aromatic N) is 1. The van der Waals surface area contributed by atoms with E-state index in [1.54, 1.807) is 12.1 Å². The van der Waals surface area contributed by atoms with Crippen LogP contribution in [0.1, 0.15) is 6.92 Å². The summed E-state index contributed by atoms with van der Waals surface area (Å²) in [6.45, 7) is 5.33. The van der Waals surface area contributed by atoms with Crippen molar-refractivity contribution in [3.8, 4) is 0 Å². The van der Waals surface area contributed by atoms with Crippen LogP contribution in [-0.4, -0.2) is 43.0 Å². The van der Waals surface area contributed by atoms with Crippen molar-refractivity contribution in [2.24, 2.45) is 0 Å². The Morgan fingerprint density at radius 1 is 1.61 bits per heavy atom. The quantitative estimate of drug-likeness (QED) is 0.874. The molecule has 0 saturated carbocycles. The molecule has 1 aromatic rings. The Bertz CT molecular complexity index is 424. The summed E-state index contributed by atoms with van der Waals surface area (Å²) in [6, 6.07) is 7.59. The van der Waals surface area contributed by atoms with Gasteiger partial charge in [-0.25, -0.2) is 0 Å². The number of nitrogens with one attached hydrogen (secondary N) is 2. The Kier molecular flexibility index (Phi) is 4.58. The van der Waals surface area contributed by atoms with Crippen LogP contribution < -0.4 is 10.6 Å². The molecule has 1 saturated heterocycles. The number of benzene rings is 1. The molecule has 0 bridgehead atoms. The van der Waals surface area contributed by atoms with Crippen molar-refractivity contribution in [3.05, 3.63) is 29.3 Å². The van der Waals surface area contributed by atoms with E-state index in [1.807, 2.05) is 12.1 Å². The predicted octanol–water partition coefficient (Wildman–Crippen LogP) is 1.57. The van der Waals surface area contributed by atoms with E-state index in [0.29, 0.717) is 17.6 Å². The maximum atomic E-state index is 11.9. The van der Waals surface area contributed by atoms with Gasteiger partial charge in [0.25, 0.3) is 0 Å². The van der Waals surface area contributed by atoms with Gasteiger partial charge in [0, 0.05) is 36.4 Å². The van der Waals surface area contributed by atoms with E-state index >= 15 is 0 Å². The van der Waals surface area contributed by atoms with Crippen LogP contribution in [0.5, 0.6) is 0 Å². The highest BCUT2D eigenvalue weighted by atomic mass is 35.5. The molecule has 98 valence electrons. The van der Waals surface area contributed by atoms with Gasteiger partial charge in [-0.05, 0) is 25.1 Å². The predicted molar refractivity (Wildman–Crippen MR) is 74.0 cm³/mol. The smallest absolute Gasteiger partial charge is 0.238 e. The van der Waals surface area contributed by atoms with Crippen molar-refractivity contribution in [1.29, 1.82) is 0 Å². The van der Waals surface area contributed by atoms with Crippen LogP contribution in [0.15, 0.2) is 24.3 Å². The van der Waals surface area contributed by atoms with Gasteiger partial charge < -0.3 is 10.6 Å². The van der Waals surface area contributed by atoms with Crippen LogP contribution >= 0.6 is 11.6 Å². The molecule has 18 heavy (non-hydrogen) atoms. The minimum Gasteiger partial charge on any atom is -0.325 e. The molecule has 5 heteroatoms. The van der Waals surface area contributed by atoms with Crippen molar-refractivity contribution in [3.63, 3.8) is 0 Å². The van der Waals surface area contributed by atoms with E-state index in [9.17, 15) is 4.79 Å². The minimum absolute atomic E-state index is 0.00557. The molecule has 0 aliphatic carbocycles. The Labute approximate surface area is 112 Å². The van der Waals surface area contributed by atoms with E-state index in [-0.39, 0.29) is 5.91 Å². The fourth-order valence-electron chi connectivity index (χ4n) is 2.07. The molecule has 4 nitrogen and oxygen atoms in total. The molecule has 1 heterocycles. The lowest BCUT2D eigenvalue weighted by molar-refractivity contribution is -0.118. The van der Waals surface area contributed by atoms with E-state index in [1.165, 1.54) is 0 Å². The van der Waals surface area contributed by atoms with E-state index < -0.39 is 0 Å². The highest BCUT2D eigenvalue weighted by Crippen LogP contribution is 2.15. The van der Waals surface area contributed by atoms with Crippen LogP contribution in [0.4, 0.5) is 5.69 Å². The molecule has 1 aliphatic rings. The summed E-state index contributed by atoms with van der Waals surface area (Å²) < 4.78 is 0. The highest BCUT2D eigenvalue weighted by molar-refractivity contribution is 6.30. The normalized spacial score (nSPS) is 20.7. The van der Waals surface area contributed by atoms with Gasteiger partial charge in [-0.15, -0.1) is 0 Å². The second kappa shape index (κ2) is 6.18. The summed E-state index contributed by atoms with van der Waals surface area (Å²) in [7, 11) is 0. The number of halogens is 1. The molecule has 1 amide bonds. The fourth-order valence-corrected chi connectivity index (χ4v) is 2.26. The zero-order valence-electron chi connectivity index (χ0n) is 10.4. The van der Waals surface area contributed by atoms with Crippen molar-refractivity contribution >= 4 is 23.2 Å². The summed E-state index contributed by atoms with van der Waals surface area (Å²) >= 11 is 5.87. The molecule has 1 aromatic carbocycles. The summed E-state index contributed by atoms with van der Waals surface area (Å²) in [6.07, 6.45) is 0. The van der Waals surface area contributed by atoms with Crippen LogP contribution in [0, 0.1) is 0 Å². The molecule has 1 unspecified atom stereocenters. The first-order valence-electron chi connectivity index (χ1n) is 6.15. The van der Waals surface area contributed by atoms with Gasteiger partial charge in [-0.3, -0.25) is 9.69 Å². The third kappa shape index (κ3) is 3.70. The molecule has 1 fully saturated rings. The van der Waals surface area contributed by atoms with Crippen LogP contribution in [-0.2, 0) is 4.79 Å². The number of carbonyl (C=O) groups is 1. The SMILES string of the molecule is CC1CNCCN1CC(=O)Nc1cccc(Cl)c1. The van der Waals surface area contributed by atoms with Gasteiger partial charge in [-0.2, -0.15) is 0 Å². The molecule has 1 aliphatic heterocycles. The standard InChI is InChI=1S/C13H18ClN3O/c1-10-8-15-5-6-17(10)9-13(18)16-12-4-2-3-11(14)7-12/h2-4,7,10,15H,5-6,8-9H2,1H3,(H,16,18). The van der Waals surface area contributed by atoms with Crippen molar-refractivity contribution < 1.29 is 4.79 Å². The number of rotatable bonds is 3. The second-order valence-corrected chi connectivity index (χ2v) is 5.02. The molecule has 2 N–H and O–H groups in total. The third-order valence-corrected chi connectivity index (χ3v) is 3.33. The van der Waals surface area contributed by atoms with Crippen molar-refractivity contribution in [1.82, 2.24) is 10.2 Å². The second-order valence-electron chi connectivity index (χ2n) is 4.58. The first-order chi connectivity index (χ1) is 8.65. The summed E-state index contributed by atoms with van der Waals surface area (Å²) in [5.74, 6) is 0.00557. The number of amides is 1. The van der Waals surface area contributed by atoms with Gasteiger partial charge in [0.15, 0.2) is 0 Å². The monoisotopic (exact) mass is 267 g/mol. The minimum atomic E-state index is 0.00557. The number of carbonyl (C=O) groups excluding carboxylic acids is 1. The Morgan fingerprint density at radius 2 is 2.44 bits per heavy atom. The molecular formula is C13H18ClN3O. The van der Waals surface area contributed by atoms with Gasteiger partial charge in [0.1, 0.15) is 0 Å². The first-order valence-corrected chi connectivity index (χ1v) is 6.53. The van der Waals surface area contributed by atoms with Crippen LogP contribution in [0.3, 0.4) is 0 Å². The molecule has 0 radical (unpaired) electrons. The molecule has 2 rings (SSSR count). The van der Waals surface area contributed by atoms with Gasteiger partial charge >= 0.3 is 0 Å². The summed E-state index contributed by atoms with van der Waals surface area (Å²) in [4.78, 5) is 14.1. The zero-order chi connectivity index (χ0) is 13.0. The zero-order valence-corrected chi connectivity index (χ0v) is 11.2. The largest absolute Gasteiger partial charge is 0.325 e. The summed E-state index contributed by atoms with van der Waals surface area (Å²) in [5.41, 5.74) is 0.746. The lowest BCUT2D eigenvalue weighted by atomic mass is 10.2. The number of piperazine rings is 1. The molecule has 0 aromatic heterocycles. The maximum absolute atomic E-state index is 11.9. The molecule has 0 spiro atoms. The highest BCUT2D eigenvalue weighted by Gasteiger charge is 2.20. The Morgan fingerprint density at radius 3 is 3.17 bits per heavy atom. The first kappa shape index (κ1) is 13.3. The number of hydrogen-bond acceptors (Lipinski definition) is 3. The summed E-state index contributed by atoms with van der Waals surface area (Å²) in [5, 5.41) is 6.80. The Balaban J connectivity index is 1.88. The van der Waals surface area contributed by atoms with E-state index in [0.717, 1.165) is 25.3 Å². The number of hydrogen-bond donors (Lipinski definition) is 2. The van der Waals surface area contributed by atoms with Gasteiger partial charge in [-0.1, -0.05) is 17.7 Å². The van der Waals surface area contributed by atoms with Gasteiger partial charge in [0.05, 0.1) is 6.54 Å². The van der Waals surface area contributed by atoms with Gasteiger partial charge in [0.2, 0.25) is 5.91 Å². The third-order valence-electron chi connectivity index (χ3n) is 3.09. The lowest BCUT2D eigenvalue weighted by Gasteiger charge is -2.33. The van der Waals surface area contributed by atoms with Crippen LogP contribution in [0.2, 0.25) is 5.02 Å². The molecular weight excluding hydrogens is 250 g/mol. The number of anilines is 1. The van der Waals surface area contributed by atoms with E-state index in [4.69, 9.17) is 11.6 Å². The maximum Gasteiger partial charge on any atom is 0.238 e. The average Bonchev–Trinajstić information content (AvgIpc) is 2.32. The lowest BCUT2D eigenvalue weighted by Crippen LogP contribution is -2.51. The Hall–Kier alpha value is -1.10.